The van der Waals surface area contributed by atoms with Crippen LogP contribution in [0.2, 0.25) is 0 Å². The third-order valence-corrected chi connectivity index (χ3v) is 5.91. The van der Waals surface area contributed by atoms with Crippen LogP contribution in [0.5, 0.6) is 0 Å². The van der Waals surface area contributed by atoms with Crippen molar-refractivity contribution in [3.63, 3.8) is 0 Å². The maximum atomic E-state index is 12.9. The molecule has 1 heterocycles. The quantitative estimate of drug-likeness (QED) is 0.566. The average Bonchev–Trinajstić information content (AvgIpc) is 3.17. The fraction of sp³-hybridized carbons (Fsp3) is 0.292. The summed E-state index contributed by atoms with van der Waals surface area (Å²) in [5.41, 5.74) is 6.68. The lowest BCUT2D eigenvalue weighted by molar-refractivity contribution is -0.117. The van der Waals surface area contributed by atoms with Crippen LogP contribution in [0.25, 0.3) is 0 Å². The van der Waals surface area contributed by atoms with E-state index in [2.05, 4.69) is 72.3 Å². The minimum atomic E-state index is -0.339. The Kier molecular flexibility index (Phi) is 6.32. The highest BCUT2D eigenvalue weighted by atomic mass is 32.1. The minimum absolute atomic E-state index is 0.0124. The van der Waals surface area contributed by atoms with E-state index in [1.54, 1.807) is 11.3 Å². The molecule has 1 amide bonds. The van der Waals surface area contributed by atoms with Gasteiger partial charge in [0.05, 0.1) is 12.1 Å². The molecule has 28 heavy (non-hydrogen) atoms. The largest absolute Gasteiger partial charge is 0.324 e. The second-order valence-corrected chi connectivity index (χ2v) is 8.49. The Balaban J connectivity index is 1.79. The molecule has 0 radical (unpaired) electrons. The van der Waals surface area contributed by atoms with Crippen molar-refractivity contribution in [1.82, 2.24) is 5.32 Å². The van der Waals surface area contributed by atoms with E-state index >= 15 is 0 Å². The molecule has 3 rings (SSSR count). The highest BCUT2D eigenvalue weighted by molar-refractivity contribution is 7.10. The second-order valence-electron chi connectivity index (χ2n) is 7.51. The molecule has 0 unspecified atom stereocenters. The van der Waals surface area contributed by atoms with Crippen molar-refractivity contribution in [3.05, 3.63) is 86.6 Å². The third-order valence-electron chi connectivity index (χ3n) is 4.97. The summed E-state index contributed by atoms with van der Waals surface area (Å²) in [5, 5.41) is 8.71. The number of anilines is 1. The number of amides is 1. The van der Waals surface area contributed by atoms with Gasteiger partial charge in [-0.2, -0.15) is 0 Å². The van der Waals surface area contributed by atoms with Crippen molar-refractivity contribution in [2.45, 2.75) is 46.7 Å². The first-order valence-electron chi connectivity index (χ1n) is 9.60. The van der Waals surface area contributed by atoms with Crippen molar-refractivity contribution >= 4 is 22.9 Å². The third kappa shape index (κ3) is 4.70. The maximum Gasteiger partial charge on any atom is 0.241 e. The highest BCUT2D eigenvalue weighted by Crippen LogP contribution is 2.27. The van der Waals surface area contributed by atoms with Crippen molar-refractivity contribution in [1.29, 1.82) is 0 Å². The van der Waals surface area contributed by atoms with Crippen LogP contribution >= 0.6 is 11.3 Å². The molecule has 3 nitrogen and oxygen atoms in total. The van der Waals surface area contributed by atoms with Crippen molar-refractivity contribution in [2.75, 3.05) is 5.32 Å². The van der Waals surface area contributed by atoms with Crippen molar-refractivity contribution in [3.8, 4) is 0 Å². The lowest BCUT2D eigenvalue weighted by atomic mass is 10.0. The fourth-order valence-electron chi connectivity index (χ4n) is 3.49. The van der Waals surface area contributed by atoms with Gasteiger partial charge in [-0.1, -0.05) is 53.6 Å². The van der Waals surface area contributed by atoms with Gasteiger partial charge in [0.1, 0.15) is 0 Å². The van der Waals surface area contributed by atoms with Crippen LogP contribution in [0.3, 0.4) is 0 Å². The minimum Gasteiger partial charge on any atom is -0.324 e. The normalized spacial score (nSPS) is 13.2. The van der Waals surface area contributed by atoms with E-state index in [1.807, 2.05) is 26.8 Å². The lowest BCUT2D eigenvalue weighted by Crippen LogP contribution is -2.40. The molecule has 146 valence electrons. The first-order valence-corrected chi connectivity index (χ1v) is 10.5. The molecule has 3 aromatic rings. The Morgan fingerprint density at radius 2 is 1.57 bits per heavy atom. The fourth-order valence-corrected chi connectivity index (χ4v) is 4.30. The maximum absolute atomic E-state index is 12.9. The Hall–Kier alpha value is -2.43. The molecule has 4 heteroatoms. The number of rotatable bonds is 6. The molecule has 0 bridgehead atoms. The van der Waals surface area contributed by atoms with Gasteiger partial charge in [-0.25, -0.2) is 0 Å². The molecule has 0 aliphatic heterocycles. The Labute approximate surface area is 171 Å². The SMILES string of the molecule is Cc1ccc([C@H](N[C@H](C)C(=O)Nc2c(C)cc(C)cc2C)c2cccs2)cc1. The summed E-state index contributed by atoms with van der Waals surface area (Å²) >= 11 is 1.70. The summed E-state index contributed by atoms with van der Waals surface area (Å²) in [5.74, 6) is -0.0243. The van der Waals surface area contributed by atoms with Crippen molar-refractivity contribution < 1.29 is 4.79 Å². The number of carbonyl (C=O) groups is 1. The van der Waals surface area contributed by atoms with E-state index in [9.17, 15) is 4.79 Å². The Bertz CT molecular complexity index is 922. The number of benzene rings is 2. The van der Waals surface area contributed by atoms with Gasteiger partial charge in [0.15, 0.2) is 0 Å². The summed E-state index contributed by atoms with van der Waals surface area (Å²) in [6.45, 7) is 10.1. The van der Waals surface area contributed by atoms with Crippen molar-refractivity contribution in [2.24, 2.45) is 0 Å². The highest BCUT2D eigenvalue weighted by Gasteiger charge is 2.22. The van der Waals surface area contributed by atoms with Gasteiger partial charge in [0.2, 0.25) is 5.91 Å². The average molecular weight is 393 g/mol. The van der Waals surface area contributed by atoms with Gasteiger partial charge in [0.25, 0.3) is 0 Å². The van der Waals surface area contributed by atoms with Crippen LogP contribution in [-0.2, 0) is 4.79 Å². The zero-order valence-corrected chi connectivity index (χ0v) is 18.0. The smallest absolute Gasteiger partial charge is 0.241 e. The number of hydrogen-bond acceptors (Lipinski definition) is 3. The molecule has 0 saturated carbocycles. The second kappa shape index (κ2) is 8.72. The molecule has 1 aromatic heterocycles. The monoisotopic (exact) mass is 392 g/mol. The van der Waals surface area contributed by atoms with Gasteiger partial charge in [-0.3, -0.25) is 10.1 Å². The predicted octanol–water partition coefficient (Wildman–Crippen LogP) is 5.69. The van der Waals surface area contributed by atoms with Crippen LogP contribution in [0.15, 0.2) is 53.9 Å². The van der Waals surface area contributed by atoms with E-state index in [0.29, 0.717) is 0 Å². The van der Waals surface area contributed by atoms with Gasteiger partial charge in [-0.15, -0.1) is 11.3 Å². The molecule has 0 aliphatic carbocycles. The van der Waals surface area contributed by atoms with E-state index in [-0.39, 0.29) is 18.0 Å². The van der Waals surface area contributed by atoms with Gasteiger partial charge < -0.3 is 5.32 Å². The number of thiophene rings is 1. The zero-order valence-electron chi connectivity index (χ0n) is 17.2. The van der Waals surface area contributed by atoms with E-state index in [0.717, 1.165) is 22.4 Å². The molecule has 2 N–H and O–H groups in total. The summed E-state index contributed by atoms with van der Waals surface area (Å²) in [7, 11) is 0. The van der Waals surface area contributed by atoms with E-state index < -0.39 is 0 Å². The summed E-state index contributed by atoms with van der Waals surface area (Å²) < 4.78 is 0. The Morgan fingerprint density at radius 1 is 0.929 bits per heavy atom. The first-order chi connectivity index (χ1) is 13.3. The predicted molar refractivity (Wildman–Crippen MR) is 119 cm³/mol. The van der Waals surface area contributed by atoms with Crippen LogP contribution in [0.1, 0.15) is 45.7 Å². The standard InChI is InChI=1S/C24H28N2OS/c1-15-8-10-20(11-9-15)23(21-7-6-12-28-21)25-19(5)24(27)26-22-17(3)13-16(2)14-18(22)4/h6-14,19,23,25H,1-5H3,(H,26,27)/t19-,23+/m1/s1. The molecule has 2 atom stereocenters. The van der Waals surface area contributed by atoms with Crippen LogP contribution < -0.4 is 10.6 Å². The molecule has 0 saturated heterocycles. The van der Waals surface area contributed by atoms with Gasteiger partial charge in [-0.05, 0) is 62.8 Å². The number of nitrogens with one attached hydrogen (secondary N) is 2. The number of carbonyl (C=O) groups excluding carboxylic acids is 1. The molecule has 0 spiro atoms. The number of hydrogen-bond donors (Lipinski definition) is 2. The molecule has 0 aliphatic rings. The summed E-state index contributed by atoms with van der Waals surface area (Å²) in [4.78, 5) is 14.1. The first kappa shape index (κ1) is 20.3. The van der Waals surface area contributed by atoms with Crippen LogP contribution in [0, 0.1) is 27.7 Å². The summed E-state index contributed by atoms with van der Waals surface area (Å²) in [6, 6.07) is 16.5. The molecular formula is C24H28N2OS. The summed E-state index contributed by atoms with van der Waals surface area (Å²) in [6.07, 6.45) is 0. The number of aryl methyl sites for hydroxylation is 4. The van der Waals surface area contributed by atoms with Crippen LogP contribution in [-0.4, -0.2) is 11.9 Å². The van der Waals surface area contributed by atoms with Gasteiger partial charge in [0, 0.05) is 10.6 Å². The Morgan fingerprint density at radius 3 is 2.14 bits per heavy atom. The van der Waals surface area contributed by atoms with Crippen LogP contribution in [0.4, 0.5) is 5.69 Å². The van der Waals surface area contributed by atoms with Gasteiger partial charge >= 0.3 is 0 Å². The van der Waals surface area contributed by atoms with E-state index in [4.69, 9.17) is 0 Å². The molecular weight excluding hydrogens is 364 g/mol. The molecule has 0 fully saturated rings. The topological polar surface area (TPSA) is 41.1 Å². The lowest BCUT2D eigenvalue weighted by Gasteiger charge is -2.23. The van der Waals surface area contributed by atoms with E-state index in [1.165, 1.54) is 16.0 Å². The zero-order chi connectivity index (χ0) is 20.3. The molecule has 2 aromatic carbocycles.